The van der Waals surface area contributed by atoms with Gasteiger partial charge in [-0.25, -0.2) is 0 Å². The van der Waals surface area contributed by atoms with E-state index in [1.54, 1.807) is 11.8 Å². The van der Waals surface area contributed by atoms with Crippen LogP contribution in [-0.2, 0) is 14.3 Å². The van der Waals surface area contributed by atoms with Gasteiger partial charge in [0.25, 0.3) is 0 Å². The fourth-order valence-corrected chi connectivity index (χ4v) is 1.94. The number of ether oxygens (including phenoxy) is 1. The van der Waals surface area contributed by atoms with Crippen molar-refractivity contribution < 1.29 is 19.4 Å². The van der Waals surface area contributed by atoms with E-state index in [0.29, 0.717) is 13.1 Å². The predicted molar refractivity (Wildman–Crippen MR) is 61.7 cm³/mol. The highest BCUT2D eigenvalue weighted by Gasteiger charge is 2.24. The molecule has 0 radical (unpaired) electrons. The average Bonchev–Trinajstić information content (AvgIpc) is 2.30. The van der Waals surface area contributed by atoms with Gasteiger partial charge in [0.1, 0.15) is 12.6 Å². The minimum atomic E-state index is -0.845. The molecule has 1 heterocycles. The van der Waals surface area contributed by atoms with Gasteiger partial charge in [0.05, 0.1) is 0 Å². The van der Waals surface area contributed by atoms with Crippen molar-refractivity contribution in [1.29, 1.82) is 0 Å². The number of hydrogen-bond donors (Lipinski definition) is 2. The molecule has 1 aliphatic rings. The number of amides is 1. The van der Waals surface area contributed by atoms with E-state index >= 15 is 0 Å². The molecular formula is C11H20N2O4. The molecule has 0 spiro atoms. The molecule has 1 aliphatic heterocycles. The van der Waals surface area contributed by atoms with E-state index in [-0.39, 0.29) is 18.6 Å². The van der Waals surface area contributed by atoms with Crippen molar-refractivity contribution in [2.45, 2.75) is 31.8 Å². The van der Waals surface area contributed by atoms with E-state index in [2.05, 4.69) is 5.32 Å². The first-order valence-corrected chi connectivity index (χ1v) is 5.80. The van der Waals surface area contributed by atoms with Gasteiger partial charge in [-0.05, 0) is 19.8 Å². The molecule has 6 heteroatoms. The van der Waals surface area contributed by atoms with E-state index in [1.165, 1.54) is 7.11 Å². The number of nitrogens with zero attached hydrogens (tertiary/aromatic N) is 1. The van der Waals surface area contributed by atoms with Crippen molar-refractivity contribution in [2.75, 3.05) is 26.8 Å². The lowest BCUT2D eigenvalue weighted by molar-refractivity contribution is -0.140. The van der Waals surface area contributed by atoms with Crippen LogP contribution in [-0.4, -0.2) is 60.8 Å². The number of nitrogens with one attached hydrogen (secondary N) is 1. The van der Waals surface area contributed by atoms with Gasteiger partial charge in [-0.15, -0.1) is 0 Å². The smallest absolute Gasteiger partial charge is 0.320 e. The minimum absolute atomic E-state index is 0.00256. The highest BCUT2D eigenvalue weighted by Crippen LogP contribution is 2.11. The molecule has 1 rings (SSSR count). The number of rotatable bonds is 5. The summed E-state index contributed by atoms with van der Waals surface area (Å²) < 4.78 is 4.80. The summed E-state index contributed by atoms with van der Waals surface area (Å²) in [7, 11) is 1.50. The number of likely N-dealkylation sites (tertiary alicyclic amines) is 1. The third kappa shape index (κ3) is 4.32. The molecule has 1 unspecified atom stereocenters. The van der Waals surface area contributed by atoms with Gasteiger partial charge in [-0.3, -0.25) is 9.59 Å². The maximum absolute atomic E-state index is 11.5. The summed E-state index contributed by atoms with van der Waals surface area (Å²) >= 11 is 0. The van der Waals surface area contributed by atoms with Gasteiger partial charge in [-0.1, -0.05) is 0 Å². The van der Waals surface area contributed by atoms with Crippen LogP contribution >= 0.6 is 0 Å². The molecule has 17 heavy (non-hydrogen) atoms. The van der Waals surface area contributed by atoms with Gasteiger partial charge >= 0.3 is 5.97 Å². The van der Waals surface area contributed by atoms with Crippen LogP contribution in [0, 0.1) is 0 Å². The van der Waals surface area contributed by atoms with Gasteiger partial charge in [-0.2, -0.15) is 0 Å². The van der Waals surface area contributed by atoms with E-state index < -0.39 is 12.0 Å². The van der Waals surface area contributed by atoms with Gasteiger partial charge < -0.3 is 20.1 Å². The lowest BCUT2D eigenvalue weighted by atomic mass is 10.0. The highest BCUT2D eigenvalue weighted by molar-refractivity contribution is 5.77. The second kappa shape index (κ2) is 6.56. The third-order valence-corrected chi connectivity index (χ3v) is 2.97. The molecule has 2 N–H and O–H groups in total. The maximum atomic E-state index is 11.5. The Hall–Kier alpha value is -1.14. The second-order valence-electron chi connectivity index (χ2n) is 4.31. The van der Waals surface area contributed by atoms with Crippen LogP contribution in [0.1, 0.15) is 19.8 Å². The molecule has 1 saturated heterocycles. The fraction of sp³-hybridized carbons (Fsp3) is 0.818. The number of aliphatic carboxylic acids is 1. The molecule has 0 bridgehead atoms. The Morgan fingerprint density at radius 3 is 2.53 bits per heavy atom. The number of carboxylic acid groups (broad SMARTS) is 1. The molecule has 0 aromatic rings. The molecule has 98 valence electrons. The van der Waals surface area contributed by atoms with Crippen LogP contribution in [0.5, 0.6) is 0 Å². The van der Waals surface area contributed by atoms with Crippen molar-refractivity contribution in [3.05, 3.63) is 0 Å². The number of piperidine rings is 1. The van der Waals surface area contributed by atoms with E-state index in [9.17, 15) is 9.59 Å². The Morgan fingerprint density at radius 1 is 1.47 bits per heavy atom. The van der Waals surface area contributed by atoms with Crippen LogP contribution in [0.4, 0.5) is 0 Å². The molecule has 0 aromatic carbocycles. The summed E-state index contributed by atoms with van der Waals surface area (Å²) in [5.74, 6) is -0.847. The first-order valence-electron chi connectivity index (χ1n) is 5.80. The molecule has 6 nitrogen and oxygen atoms in total. The van der Waals surface area contributed by atoms with E-state index in [0.717, 1.165) is 12.8 Å². The molecule has 1 amide bonds. The summed E-state index contributed by atoms with van der Waals surface area (Å²) in [6, 6.07) is -0.367. The monoisotopic (exact) mass is 244 g/mol. The van der Waals surface area contributed by atoms with Crippen molar-refractivity contribution in [1.82, 2.24) is 10.2 Å². The Bertz CT molecular complexity index is 275. The predicted octanol–water partition coefficient (Wildman–Crippen LogP) is -0.313. The molecule has 0 saturated carbocycles. The zero-order valence-corrected chi connectivity index (χ0v) is 10.3. The summed E-state index contributed by atoms with van der Waals surface area (Å²) in [4.78, 5) is 24.0. The lowest BCUT2D eigenvalue weighted by Crippen LogP contribution is -2.49. The second-order valence-corrected chi connectivity index (χ2v) is 4.31. The first kappa shape index (κ1) is 13.9. The zero-order valence-electron chi connectivity index (χ0n) is 10.3. The van der Waals surface area contributed by atoms with E-state index in [1.807, 2.05) is 0 Å². The summed E-state index contributed by atoms with van der Waals surface area (Å²) in [6.07, 6.45) is 1.57. The van der Waals surface area contributed by atoms with Crippen LogP contribution in [0.25, 0.3) is 0 Å². The molecule has 1 atom stereocenters. The fourth-order valence-electron chi connectivity index (χ4n) is 1.94. The Kier molecular flexibility index (Phi) is 5.37. The Morgan fingerprint density at radius 2 is 2.06 bits per heavy atom. The summed E-state index contributed by atoms with van der Waals surface area (Å²) in [5, 5.41) is 11.8. The number of methoxy groups -OCH3 is 1. The Balaban J connectivity index is 2.30. The van der Waals surface area contributed by atoms with Crippen LogP contribution < -0.4 is 5.32 Å². The summed E-state index contributed by atoms with van der Waals surface area (Å²) in [6.45, 7) is 3.06. The molecule has 1 fully saturated rings. The third-order valence-electron chi connectivity index (χ3n) is 2.97. The van der Waals surface area contributed by atoms with Crippen molar-refractivity contribution in [2.24, 2.45) is 0 Å². The SMILES string of the molecule is COCC(=O)N1CCC(NC(C)C(=O)O)CC1. The molecule has 0 aromatic heterocycles. The van der Waals surface area contributed by atoms with Crippen molar-refractivity contribution in [3.63, 3.8) is 0 Å². The van der Waals surface area contributed by atoms with Crippen LogP contribution in [0.3, 0.4) is 0 Å². The Labute approximate surface area is 101 Å². The number of carbonyl (C=O) groups excluding carboxylic acids is 1. The van der Waals surface area contributed by atoms with Gasteiger partial charge in [0, 0.05) is 26.2 Å². The van der Waals surface area contributed by atoms with E-state index in [4.69, 9.17) is 9.84 Å². The van der Waals surface area contributed by atoms with Gasteiger partial charge in [0.15, 0.2) is 0 Å². The normalized spacial score (nSPS) is 19.1. The minimum Gasteiger partial charge on any atom is -0.480 e. The lowest BCUT2D eigenvalue weighted by Gasteiger charge is -2.33. The number of hydrogen-bond acceptors (Lipinski definition) is 4. The topological polar surface area (TPSA) is 78.9 Å². The highest BCUT2D eigenvalue weighted by atomic mass is 16.5. The largest absolute Gasteiger partial charge is 0.480 e. The van der Waals surface area contributed by atoms with Crippen molar-refractivity contribution in [3.8, 4) is 0 Å². The zero-order chi connectivity index (χ0) is 12.8. The first-order chi connectivity index (χ1) is 8.04. The standard InChI is InChI=1S/C11H20N2O4/c1-8(11(15)16)12-9-3-5-13(6-4-9)10(14)7-17-2/h8-9,12H,3-7H2,1-2H3,(H,15,16). The van der Waals surface area contributed by atoms with Crippen molar-refractivity contribution >= 4 is 11.9 Å². The average molecular weight is 244 g/mol. The van der Waals surface area contributed by atoms with Crippen LogP contribution in [0.15, 0.2) is 0 Å². The summed E-state index contributed by atoms with van der Waals surface area (Å²) in [5.41, 5.74) is 0. The maximum Gasteiger partial charge on any atom is 0.320 e. The number of carboxylic acids is 1. The molecule has 0 aliphatic carbocycles. The quantitative estimate of drug-likeness (QED) is 0.693. The number of carbonyl (C=O) groups is 2. The van der Waals surface area contributed by atoms with Gasteiger partial charge in [0.2, 0.25) is 5.91 Å². The van der Waals surface area contributed by atoms with Crippen LogP contribution in [0.2, 0.25) is 0 Å². The molecular weight excluding hydrogens is 224 g/mol.